The van der Waals surface area contributed by atoms with Gasteiger partial charge in [-0.05, 0) is 105 Å². The predicted molar refractivity (Wildman–Crippen MR) is 172 cm³/mol. The van der Waals surface area contributed by atoms with Crippen LogP contribution in [0, 0.1) is 11.8 Å². The molecule has 1 aliphatic heterocycles. The van der Waals surface area contributed by atoms with E-state index in [1.54, 1.807) is 56.0 Å². The summed E-state index contributed by atoms with van der Waals surface area (Å²) in [4.78, 5) is 38.9. The number of carboxylic acid groups (broad SMARTS) is 2. The van der Waals surface area contributed by atoms with Crippen molar-refractivity contribution in [3.8, 4) is 11.1 Å². The normalized spacial score (nSPS) is 20.4. The van der Waals surface area contributed by atoms with Crippen LogP contribution in [-0.4, -0.2) is 70.1 Å². The van der Waals surface area contributed by atoms with Crippen LogP contribution >= 0.6 is 11.6 Å². The first-order chi connectivity index (χ1) is 21.6. The van der Waals surface area contributed by atoms with Gasteiger partial charge in [0.1, 0.15) is 11.1 Å². The zero-order valence-electron chi connectivity index (χ0n) is 25.9. The minimum absolute atomic E-state index is 0.0339. The topological polar surface area (TPSA) is 142 Å². The summed E-state index contributed by atoms with van der Waals surface area (Å²) in [5.41, 5.74) is -0.488. The van der Waals surface area contributed by atoms with Crippen LogP contribution in [0.4, 0.5) is 4.79 Å². The minimum atomic E-state index is -4.39. The highest BCUT2D eigenvalue weighted by atomic mass is 35.5. The van der Waals surface area contributed by atoms with E-state index < -0.39 is 45.1 Å². The number of rotatable bonds is 9. The third-order valence-electron chi connectivity index (χ3n) is 8.68. The summed E-state index contributed by atoms with van der Waals surface area (Å²) in [6.07, 6.45) is 0.657. The smallest absolute Gasteiger partial charge is 0.410 e. The van der Waals surface area contributed by atoms with Gasteiger partial charge >= 0.3 is 18.0 Å². The molecule has 1 unspecified atom stereocenters. The number of aliphatic carboxylic acids is 1. The molecule has 10 nitrogen and oxygen atoms in total. The maximum Gasteiger partial charge on any atom is 0.410 e. The molecule has 2 atom stereocenters. The van der Waals surface area contributed by atoms with E-state index in [1.165, 1.54) is 30.3 Å². The lowest BCUT2D eigenvalue weighted by atomic mass is 9.89. The van der Waals surface area contributed by atoms with Gasteiger partial charge in [0.2, 0.25) is 10.0 Å². The lowest BCUT2D eigenvalue weighted by Gasteiger charge is -2.35. The van der Waals surface area contributed by atoms with Gasteiger partial charge in [0, 0.05) is 24.7 Å². The zero-order chi connectivity index (χ0) is 33.4. The monoisotopic (exact) mass is 668 g/mol. The number of sulfonamides is 1. The van der Waals surface area contributed by atoms with Crippen molar-refractivity contribution in [2.24, 2.45) is 11.8 Å². The van der Waals surface area contributed by atoms with Gasteiger partial charge in [0.05, 0.1) is 10.5 Å². The molecule has 1 heterocycles. The Morgan fingerprint density at radius 2 is 1.54 bits per heavy atom. The van der Waals surface area contributed by atoms with Gasteiger partial charge in [-0.2, -0.15) is 4.31 Å². The van der Waals surface area contributed by atoms with Gasteiger partial charge < -0.3 is 19.8 Å². The summed E-state index contributed by atoms with van der Waals surface area (Å²) in [5.74, 6) is -3.09. The van der Waals surface area contributed by atoms with Crippen molar-refractivity contribution in [1.82, 2.24) is 9.21 Å². The molecule has 2 N–H and O–H groups in total. The number of carbonyl (C=O) groups excluding carboxylic acids is 1. The summed E-state index contributed by atoms with van der Waals surface area (Å²) in [6.45, 7) is 5.76. The van der Waals surface area contributed by atoms with Crippen molar-refractivity contribution in [3.05, 3.63) is 88.9 Å². The highest BCUT2D eigenvalue weighted by Gasteiger charge is 2.69. The van der Waals surface area contributed by atoms with Gasteiger partial charge in [-0.3, -0.25) is 4.79 Å². The molecule has 12 heteroatoms. The highest BCUT2D eigenvalue weighted by molar-refractivity contribution is 7.89. The lowest BCUT2D eigenvalue weighted by Crippen LogP contribution is -2.50. The standard InChI is InChI=1S/C34H37ClN2O8S/c1-33(2,3)45-32(42)36-17-15-25(16-18-36)29-20-34(29,31(40)41)37(21-22-5-4-6-26(19-22)30(38)39)46(43,44)28-13-9-24(10-14-28)23-7-11-27(35)12-8-23/h4-14,19,25,29H,15-18,20-21H2,1-3H3,(H,38,39)(H,40,41)/t29-,34?/m1/s1. The number of aromatic carboxylic acids is 1. The number of carbonyl (C=O) groups is 3. The van der Waals surface area contributed by atoms with Crippen LogP contribution in [0.5, 0.6) is 0 Å². The zero-order valence-corrected chi connectivity index (χ0v) is 27.4. The van der Waals surface area contributed by atoms with Gasteiger partial charge in [-0.1, -0.05) is 48.0 Å². The molecular formula is C34H37ClN2O8S. The largest absolute Gasteiger partial charge is 0.480 e. The van der Waals surface area contributed by atoms with Crippen molar-refractivity contribution in [2.75, 3.05) is 13.1 Å². The van der Waals surface area contributed by atoms with E-state index in [-0.39, 0.29) is 29.3 Å². The predicted octanol–water partition coefficient (Wildman–Crippen LogP) is 6.39. The number of benzene rings is 3. The maximum atomic E-state index is 14.4. The molecular weight excluding hydrogens is 632 g/mol. The highest BCUT2D eigenvalue weighted by Crippen LogP contribution is 2.57. The molecule has 0 aromatic heterocycles. The van der Waals surface area contributed by atoms with Gasteiger partial charge in [-0.25, -0.2) is 18.0 Å². The fourth-order valence-corrected chi connectivity index (χ4v) is 8.18. The summed E-state index contributed by atoms with van der Waals surface area (Å²) >= 11 is 6.01. The second-order valence-corrected chi connectivity index (χ2v) is 15.2. The SMILES string of the molecule is CC(C)(C)OC(=O)N1CCC([C@H]2CC2(C(=O)O)N(Cc2cccc(C(=O)O)c2)S(=O)(=O)c2ccc(-c3ccc(Cl)cc3)cc2)CC1. The Hall–Kier alpha value is -3.93. The Kier molecular flexibility index (Phi) is 9.23. The van der Waals surface area contributed by atoms with E-state index in [9.17, 15) is 33.0 Å². The third kappa shape index (κ3) is 6.91. The number of amides is 1. The third-order valence-corrected chi connectivity index (χ3v) is 10.8. The first-order valence-corrected chi connectivity index (χ1v) is 16.9. The Morgan fingerprint density at radius 1 is 0.957 bits per heavy atom. The summed E-state index contributed by atoms with van der Waals surface area (Å²) < 4.78 is 35.3. The number of halogens is 1. The number of hydrogen-bond acceptors (Lipinski definition) is 6. The van der Waals surface area contributed by atoms with Crippen LogP contribution in [0.1, 0.15) is 56.0 Å². The number of piperidine rings is 1. The molecule has 0 spiro atoms. The molecule has 3 aromatic rings. The van der Waals surface area contributed by atoms with Gasteiger partial charge in [0.15, 0.2) is 0 Å². The van der Waals surface area contributed by atoms with Gasteiger partial charge in [0.25, 0.3) is 0 Å². The van der Waals surface area contributed by atoms with Crippen LogP contribution in [0.3, 0.4) is 0 Å². The van der Waals surface area contributed by atoms with Crippen LogP contribution in [0.2, 0.25) is 5.02 Å². The second kappa shape index (κ2) is 12.7. The molecule has 3 aromatic carbocycles. The van der Waals surface area contributed by atoms with Crippen LogP contribution in [-0.2, 0) is 26.1 Å². The summed E-state index contributed by atoms with van der Waals surface area (Å²) in [6, 6.07) is 19.2. The number of carboxylic acids is 2. The molecule has 0 bridgehead atoms. The van der Waals surface area contributed by atoms with E-state index in [1.807, 2.05) is 12.1 Å². The van der Waals surface area contributed by atoms with E-state index in [0.29, 0.717) is 36.5 Å². The molecule has 1 amide bonds. The average molecular weight is 669 g/mol. The number of likely N-dealkylation sites (tertiary alicyclic amines) is 1. The Morgan fingerprint density at radius 3 is 2.09 bits per heavy atom. The fraction of sp³-hybridized carbons (Fsp3) is 0.382. The number of ether oxygens (including phenoxy) is 1. The van der Waals surface area contributed by atoms with E-state index in [2.05, 4.69) is 0 Å². The molecule has 2 fully saturated rings. The second-order valence-electron chi connectivity index (χ2n) is 12.9. The van der Waals surface area contributed by atoms with Gasteiger partial charge in [-0.15, -0.1) is 0 Å². The Bertz CT molecular complexity index is 1730. The lowest BCUT2D eigenvalue weighted by molar-refractivity contribution is -0.144. The maximum absolute atomic E-state index is 14.4. The Labute approximate surface area is 273 Å². The van der Waals surface area contributed by atoms with Crippen molar-refractivity contribution in [2.45, 2.75) is 62.6 Å². The quantitative estimate of drug-likeness (QED) is 0.267. The van der Waals surface area contributed by atoms with Crippen molar-refractivity contribution in [3.63, 3.8) is 0 Å². The molecule has 0 radical (unpaired) electrons. The van der Waals surface area contributed by atoms with Crippen molar-refractivity contribution >= 4 is 39.7 Å². The van der Waals surface area contributed by atoms with Crippen LogP contribution < -0.4 is 0 Å². The molecule has 46 heavy (non-hydrogen) atoms. The molecule has 1 saturated carbocycles. The first-order valence-electron chi connectivity index (χ1n) is 15.0. The summed E-state index contributed by atoms with van der Waals surface area (Å²) in [5, 5.41) is 20.8. The molecule has 5 rings (SSSR count). The van der Waals surface area contributed by atoms with E-state index in [0.717, 1.165) is 15.4 Å². The Balaban J connectivity index is 1.46. The minimum Gasteiger partial charge on any atom is -0.480 e. The van der Waals surface area contributed by atoms with Crippen LogP contribution in [0.15, 0.2) is 77.7 Å². The fourth-order valence-electron chi connectivity index (χ4n) is 6.28. The molecule has 1 aliphatic carbocycles. The number of nitrogens with zero attached hydrogens (tertiary/aromatic N) is 2. The molecule has 1 saturated heterocycles. The van der Waals surface area contributed by atoms with Crippen molar-refractivity contribution in [1.29, 1.82) is 0 Å². The number of hydrogen-bond donors (Lipinski definition) is 2. The van der Waals surface area contributed by atoms with E-state index in [4.69, 9.17) is 16.3 Å². The van der Waals surface area contributed by atoms with E-state index >= 15 is 0 Å². The van der Waals surface area contributed by atoms with Crippen LogP contribution in [0.25, 0.3) is 11.1 Å². The average Bonchev–Trinajstić information content (AvgIpc) is 3.76. The molecule has 2 aliphatic rings. The summed E-state index contributed by atoms with van der Waals surface area (Å²) in [7, 11) is -4.39. The molecule has 244 valence electrons. The van der Waals surface area contributed by atoms with Crippen molar-refractivity contribution < 1.29 is 37.8 Å². The first kappa shape index (κ1) is 33.4.